The Kier molecular flexibility index (Phi) is 37.5. The second-order valence-electron chi connectivity index (χ2n) is 5.89. The first kappa shape index (κ1) is 41.4. The van der Waals surface area contributed by atoms with Gasteiger partial charge in [-0.15, -0.1) is 0 Å². The van der Waals surface area contributed by atoms with Crippen LogP contribution in [0.5, 0.6) is 0 Å². The van der Waals surface area contributed by atoms with Crippen LogP contribution in [0.1, 0.15) is 71.1 Å². The zero-order valence-electron chi connectivity index (χ0n) is 17.0. The molecule has 0 aromatic rings. The number of rotatable bonds is 12. The van der Waals surface area contributed by atoms with E-state index in [-0.39, 0.29) is 42.8 Å². The first-order valence-corrected chi connectivity index (χ1v) is 11.9. The zero-order chi connectivity index (χ0) is 24.6. The van der Waals surface area contributed by atoms with Gasteiger partial charge in [-0.25, -0.2) is 0 Å². The minimum atomic E-state index is -4.67. The third kappa shape index (κ3) is 104. The molecule has 0 aromatic carbocycles. The Hall–Kier alpha value is 0.0900. The van der Waals surface area contributed by atoms with Gasteiger partial charge in [0, 0.05) is 6.42 Å². The number of hydrogen-bond donors (Lipinski definition) is 8. The van der Waals surface area contributed by atoms with E-state index in [0.717, 1.165) is 12.8 Å². The molecule has 0 bridgehead atoms. The van der Waals surface area contributed by atoms with Crippen molar-refractivity contribution in [1.82, 2.24) is 0 Å². The molecule has 8 N–H and O–H groups in total. The third-order valence-corrected chi connectivity index (χ3v) is 2.92. The number of hydrogen-bond acceptors (Lipinski definition) is 8. The van der Waals surface area contributed by atoms with Crippen molar-refractivity contribution in [2.24, 2.45) is 0 Å². The number of aliphatic carboxylic acids is 1. The summed E-state index contributed by atoms with van der Waals surface area (Å²) in [6.45, 7) is 1.50. The normalized spacial score (nSPS) is 10.4. The average molecular weight is 513 g/mol. The molecule has 31 heavy (non-hydrogen) atoms. The van der Waals surface area contributed by atoms with Crippen LogP contribution >= 0.6 is 0 Å². The summed E-state index contributed by atoms with van der Waals surface area (Å²) in [5.41, 5.74) is 0. The van der Waals surface area contributed by atoms with Crippen LogP contribution in [-0.2, 0) is 25.6 Å². The molecule has 0 atom stereocenters. The standard InChI is InChI=1S/C12H24O2.C3H8O3.Na.2H2O4S.H/c1-2-3-4-5-6-7-8-9-10-11-12(13)14;4-1-3(6)2-5;;2*1-5(2,3)4;/h2-11H2,1H3,(H,13,14);3-6H,1-2H2;;2*(H2,1,2,3,4);. The molecule has 16 heteroatoms. The summed E-state index contributed by atoms with van der Waals surface area (Å²) in [7, 11) is -9.33. The molecule has 0 aliphatic carbocycles. The Morgan fingerprint density at radius 1 is 0.710 bits per heavy atom. The molecule has 188 valence electrons. The van der Waals surface area contributed by atoms with E-state index >= 15 is 0 Å². The van der Waals surface area contributed by atoms with Gasteiger partial charge in [0.25, 0.3) is 0 Å². The molecule has 0 spiro atoms. The molecule has 0 saturated heterocycles. The van der Waals surface area contributed by atoms with Crippen molar-refractivity contribution >= 4 is 56.3 Å². The number of aliphatic hydroxyl groups is 3. The monoisotopic (exact) mass is 512 g/mol. The van der Waals surface area contributed by atoms with E-state index in [9.17, 15) is 4.79 Å². The Morgan fingerprint density at radius 2 is 0.968 bits per heavy atom. The van der Waals surface area contributed by atoms with E-state index in [2.05, 4.69) is 6.92 Å². The van der Waals surface area contributed by atoms with Gasteiger partial charge >= 0.3 is 56.3 Å². The molecular formula is C15H37NaO13S2. The van der Waals surface area contributed by atoms with Crippen molar-refractivity contribution in [3.63, 3.8) is 0 Å². The van der Waals surface area contributed by atoms with Crippen LogP contribution in [0.4, 0.5) is 0 Å². The molecule has 0 heterocycles. The van der Waals surface area contributed by atoms with Crippen LogP contribution in [0.15, 0.2) is 0 Å². The molecule has 0 amide bonds. The van der Waals surface area contributed by atoms with E-state index in [0.29, 0.717) is 6.42 Å². The predicted molar refractivity (Wildman–Crippen MR) is 115 cm³/mol. The van der Waals surface area contributed by atoms with Crippen molar-refractivity contribution < 1.29 is 60.3 Å². The maximum atomic E-state index is 10.2. The molecular weight excluding hydrogens is 475 g/mol. The quantitative estimate of drug-likeness (QED) is 0.100. The van der Waals surface area contributed by atoms with E-state index in [4.69, 9.17) is 55.5 Å². The zero-order valence-corrected chi connectivity index (χ0v) is 18.6. The SMILES string of the molecule is CCCCCCCCCCCC(=O)O.O=S(=O)(O)O.O=S(=O)(O)O.OCC(O)CO.[NaH]. The maximum absolute atomic E-state index is 10.2. The first-order valence-electron chi connectivity index (χ1n) is 9.09. The van der Waals surface area contributed by atoms with Crippen LogP contribution in [0, 0.1) is 0 Å². The van der Waals surface area contributed by atoms with Gasteiger partial charge in [-0.3, -0.25) is 23.0 Å². The summed E-state index contributed by atoms with van der Waals surface area (Å²) in [5.74, 6) is -0.659. The fourth-order valence-corrected chi connectivity index (χ4v) is 1.64. The number of aliphatic hydroxyl groups excluding tert-OH is 3. The molecule has 0 radical (unpaired) electrons. The third-order valence-electron chi connectivity index (χ3n) is 2.92. The minimum absolute atomic E-state index is 0. The number of carbonyl (C=O) groups is 1. The Bertz CT molecular complexity index is 517. The summed E-state index contributed by atoms with van der Waals surface area (Å²) in [6, 6.07) is 0. The van der Waals surface area contributed by atoms with Gasteiger partial charge in [-0.1, -0.05) is 58.3 Å². The number of unbranched alkanes of at least 4 members (excludes halogenated alkanes) is 8. The van der Waals surface area contributed by atoms with Gasteiger partial charge in [0.05, 0.1) is 13.2 Å². The van der Waals surface area contributed by atoms with E-state index in [1.165, 1.54) is 44.9 Å². The van der Waals surface area contributed by atoms with Gasteiger partial charge in [0.2, 0.25) is 0 Å². The van der Waals surface area contributed by atoms with Crippen LogP contribution in [0.2, 0.25) is 0 Å². The van der Waals surface area contributed by atoms with E-state index in [1.54, 1.807) is 0 Å². The van der Waals surface area contributed by atoms with Crippen LogP contribution in [0.3, 0.4) is 0 Å². The van der Waals surface area contributed by atoms with Crippen LogP contribution in [0.25, 0.3) is 0 Å². The summed E-state index contributed by atoms with van der Waals surface area (Å²) in [5, 5.41) is 32.4. The van der Waals surface area contributed by atoms with Crippen LogP contribution in [-0.4, -0.2) is 110 Å². The molecule has 0 saturated carbocycles. The Balaban J connectivity index is -0.000000110. The molecule has 0 aromatic heterocycles. The predicted octanol–water partition coefficient (Wildman–Crippen LogP) is 0.370. The number of carboxylic acid groups (broad SMARTS) is 1. The first-order chi connectivity index (χ1) is 13.6. The second-order valence-corrected chi connectivity index (χ2v) is 7.68. The molecule has 13 nitrogen and oxygen atoms in total. The van der Waals surface area contributed by atoms with E-state index in [1.807, 2.05) is 0 Å². The molecule has 0 aliphatic rings. The molecule has 0 unspecified atom stereocenters. The summed E-state index contributed by atoms with van der Waals surface area (Å²) >= 11 is 0. The van der Waals surface area contributed by atoms with Gasteiger partial charge in [0.1, 0.15) is 6.10 Å². The van der Waals surface area contributed by atoms with Crippen LogP contribution < -0.4 is 0 Å². The second kappa shape index (κ2) is 28.1. The number of carboxylic acids is 1. The molecule has 0 fully saturated rings. The average Bonchev–Trinajstić information content (AvgIpc) is 2.57. The fourth-order valence-electron chi connectivity index (χ4n) is 1.64. The summed E-state index contributed by atoms with van der Waals surface area (Å²) in [6.07, 6.45) is 10.5. The van der Waals surface area contributed by atoms with Crippen molar-refractivity contribution in [2.45, 2.75) is 77.2 Å². The Labute approximate surface area is 206 Å². The summed E-state index contributed by atoms with van der Waals surface area (Å²) in [4.78, 5) is 10.2. The van der Waals surface area contributed by atoms with Crippen molar-refractivity contribution in [3.8, 4) is 0 Å². The summed E-state index contributed by atoms with van der Waals surface area (Å²) < 4.78 is 63.2. The van der Waals surface area contributed by atoms with Crippen molar-refractivity contribution in [3.05, 3.63) is 0 Å². The topological polar surface area (TPSA) is 247 Å². The molecule has 0 rings (SSSR count). The van der Waals surface area contributed by atoms with Gasteiger partial charge in [-0.05, 0) is 6.42 Å². The van der Waals surface area contributed by atoms with Gasteiger partial charge in [-0.2, -0.15) is 16.8 Å². The van der Waals surface area contributed by atoms with Crippen molar-refractivity contribution in [1.29, 1.82) is 0 Å². The molecule has 0 aliphatic heterocycles. The fraction of sp³-hybridized carbons (Fsp3) is 0.933. The van der Waals surface area contributed by atoms with Gasteiger partial charge in [0.15, 0.2) is 0 Å². The van der Waals surface area contributed by atoms with E-state index < -0.39 is 32.9 Å². The Morgan fingerprint density at radius 3 is 1.16 bits per heavy atom. The van der Waals surface area contributed by atoms with Crippen molar-refractivity contribution in [2.75, 3.05) is 13.2 Å². The van der Waals surface area contributed by atoms with Gasteiger partial charge < -0.3 is 20.4 Å².